The SMILES string of the molecule is CC(NCc1ccc2cc[nH]c2c1)C(=O)N1CCCC1. The number of hydrogen-bond acceptors (Lipinski definition) is 2. The first-order valence-electron chi connectivity index (χ1n) is 7.32. The van der Waals surface area contributed by atoms with E-state index in [1.165, 1.54) is 10.9 Å². The summed E-state index contributed by atoms with van der Waals surface area (Å²) >= 11 is 0. The summed E-state index contributed by atoms with van der Waals surface area (Å²) in [4.78, 5) is 17.4. The molecule has 1 aromatic heterocycles. The highest BCUT2D eigenvalue weighted by molar-refractivity contribution is 5.82. The summed E-state index contributed by atoms with van der Waals surface area (Å²) in [5.74, 6) is 0.225. The van der Waals surface area contributed by atoms with Gasteiger partial charge in [0.15, 0.2) is 0 Å². The highest BCUT2D eigenvalue weighted by atomic mass is 16.2. The third-order valence-corrected chi connectivity index (χ3v) is 4.02. The van der Waals surface area contributed by atoms with Gasteiger partial charge in [0.25, 0.3) is 0 Å². The van der Waals surface area contributed by atoms with E-state index in [0.717, 1.165) is 38.0 Å². The Morgan fingerprint density at radius 2 is 2.15 bits per heavy atom. The summed E-state index contributed by atoms with van der Waals surface area (Å²) < 4.78 is 0. The van der Waals surface area contributed by atoms with Crippen molar-refractivity contribution < 1.29 is 4.79 Å². The molecule has 106 valence electrons. The fourth-order valence-electron chi connectivity index (χ4n) is 2.77. The summed E-state index contributed by atoms with van der Waals surface area (Å²) in [5, 5.41) is 4.54. The van der Waals surface area contributed by atoms with E-state index in [1.54, 1.807) is 0 Å². The Bertz CT molecular complexity index is 599. The first-order valence-corrected chi connectivity index (χ1v) is 7.32. The molecule has 1 fully saturated rings. The minimum absolute atomic E-state index is 0.118. The highest BCUT2D eigenvalue weighted by Gasteiger charge is 2.22. The molecule has 2 aromatic rings. The van der Waals surface area contributed by atoms with Crippen LogP contribution in [0.25, 0.3) is 10.9 Å². The maximum atomic E-state index is 12.2. The molecule has 2 heterocycles. The van der Waals surface area contributed by atoms with Crippen molar-refractivity contribution in [2.24, 2.45) is 0 Å². The van der Waals surface area contributed by atoms with Crippen LogP contribution in [0.3, 0.4) is 0 Å². The number of fused-ring (bicyclic) bond motifs is 1. The lowest BCUT2D eigenvalue weighted by molar-refractivity contribution is -0.131. The molecule has 1 atom stereocenters. The second kappa shape index (κ2) is 5.67. The largest absolute Gasteiger partial charge is 0.361 e. The van der Waals surface area contributed by atoms with Crippen LogP contribution in [0.4, 0.5) is 0 Å². The van der Waals surface area contributed by atoms with Gasteiger partial charge >= 0.3 is 0 Å². The number of carbonyl (C=O) groups is 1. The molecule has 0 aliphatic carbocycles. The van der Waals surface area contributed by atoms with Crippen LogP contribution in [-0.4, -0.2) is 34.9 Å². The predicted molar refractivity (Wildman–Crippen MR) is 80.4 cm³/mol. The van der Waals surface area contributed by atoms with Gasteiger partial charge in [0.1, 0.15) is 0 Å². The van der Waals surface area contributed by atoms with Crippen LogP contribution in [0.15, 0.2) is 30.5 Å². The van der Waals surface area contributed by atoms with Gasteiger partial charge in [0.2, 0.25) is 5.91 Å². The molecular weight excluding hydrogens is 250 g/mol. The Hall–Kier alpha value is -1.81. The van der Waals surface area contributed by atoms with E-state index in [1.807, 2.05) is 18.0 Å². The van der Waals surface area contributed by atoms with Crippen LogP contribution in [0.2, 0.25) is 0 Å². The standard InChI is InChI=1S/C16H21N3O/c1-12(16(20)19-8-2-3-9-19)18-11-13-4-5-14-6-7-17-15(14)10-13/h4-7,10,12,17-18H,2-3,8-9,11H2,1H3. The second-order valence-corrected chi connectivity index (χ2v) is 5.53. The zero-order valence-corrected chi connectivity index (χ0v) is 11.9. The minimum Gasteiger partial charge on any atom is -0.361 e. The molecule has 3 rings (SSSR count). The summed E-state index contributed by atoms with van der Waals surface area (Å²) in [6.07, 6.45) is 4.23. The number of rotatable bonds is 4. The van der Waals surface area contributed by atoms with Crippen molar-refractivity contribution in [1.29, 1.82) is 0 Å². The number of amides is 1. The summed E-state index contributed by atoms with van der Waals surface area (Å²) in [6.45, 7) is 4.50. The van der Waals surface area contributed by atoms with Crippen LogP contribution in [-0.2, 0) is 11.3 Å². The number of benzene rings is 1. The van der Waals surface area contributed by atoms with E-state index in [9.17, 15) is 4.79 Å². The van der Waals surface area contributed by atoms with Crippen molar-refractivity contribution in [2.45, 2.75) is 32.4 Å². The Morgan fingerprint density at radius 1 is 1.35 bits per heavy atom. The van der Waals surface area contributed by atoms with Gasteiger partial charge < -0.3 is 15.2 Å². The van der Waals surface area contributed by atoms with Crippen LogP contribution in [0.5, 0.6) is 0 Å². The lowest BCUT2D eigenvalue weighted by atomic mass is 10.1. The van der Waals surface area contributed by atoms with Crippen LogP contribution in [0, 0.1) is 0 Å². The van der Waals surface area contributed by atoms with E-state index in [0.29, 0.717) is 0 Å². The highest BCUT2D eigenvalue weighted by Crippen LogP contribution is 2.14. The number of nitrogens with one attached hydrogen (secondary N) is 2. The van der Waals surface area contributed by atoms with Gasteiger partial charge in [0, 0.05) is 31.3 Å². The van der Waals surface area contributed by atoms with Crippen LogP contribution >= 0.6 is 0 Å². The average molecular weight is 271 g/mol. The lowest BCUT2D eigenvalue weighted by Gasteiger charge is -2.21. The smallest absolute Gasteiger partial charge is 0.239 e. The molecule has 1 saturated heterocycles. The van der Waals surface area contributed by atoms with Crippen molar-refractivity contribution in [1.82, 2.24) is 15.2 Å². The number of aromatic amines is 1. The monoisotopic (exact) mass is 271 g/mol. The number of likely N-dealkylation sites (tertiary alicyclic amines) is 1. The fourth-order valence-corrected chi connectivity index (χ4v) is 2.77. The Balaban J connectivity index is 1.59. The van der Waals surface area contributed by atoms with E-state index in [2.05, 4.69) is 34.6 Å². The topological polar surface area (TPSA) is 48.1 Å². The van der Waals surface area contributed by atoms with Crippen LogP contribution < -0.4 is 5.32 Å². The van der Waals surface area contributed by atoms with Crippen molar-refractivity contribution in [3.8, 4) is 0 Å². The van der Waals surface area contributed by atoms with Gasteiger partial charge in [-0.05, 0) is 42.8 Å². The molecule has 1 aromatic carbocycles. The number of carbonyl (C=O) groups excluding carboxylic acids is 1. The first-order chi connectivity index (χ1) is 9.74. The fraction of sp³-hybridized carbons (Fsp3) is 0.438. The lowest BCUT2D eigenvalue weighted by Crippen LogP contribution is -2.43. The third-order valence-electron chi connectivity index (χ3n) is 4.02. The van der Waals surface area contributed by atoms with Gasteiger partial charge in [-0.1, -0.05) is 12.1 Å². The van der Waals surface area contributed by atoms with Gasteiger partial charge in [-0.3, -0.25) is 4.79 Å². The number of hydrogen-bond donors (Lipinski definition) is 2. The maximum absolute atomic E-state index is 12.2. The molecule has 0 saturated carbocycles. The molecule has 0 radical (unpaired) electrons. The molecule has 0 spiro atoms. The summed E-state index contributed by atoms with van der Waals surface area (Å²) in [5.41, 5.74) is 2.34. The number of aromatic nitrogens is 1. The van der Waals surface area contributed by atoms with E-state index in [-0.39, 0.29) is 11.9 Å². The zero-order chi connectivity index (χ0) is 13.9. The molecule has 1 aliphatic rings. The van der Waals surface area contributed by atoms with E-state index >= 15 is 0 Å². The number of nitrogens with zero attached hydrogens (tertiary/aromatic N) is 1. The molecular formula is C16H21N3O. The van der Waals surface area contributed by atoms with E-state index in [4.69, 9.17) is 0 Å². The van der Waals surface area contributed by atoms with Gasteiger partial charge in [-0.25, -0.2) is 0 Å². The van der Waals surface area contributed by atoms with Gasteiger partial charge in [-0.15, -0.1) is 0 Å². The first kappa shape index (κ1) is 13.2. The molecule has 1 amide bonds. The summed E-state index contributed by atoms with van der Waals surface area (Å²) in [7, 11) is 0. The van der Waals surface area contributed by atoms with E-state index < -0.39 is 0 Å². The Morgan fingerprint density at radius 3 is 2.95 bits per heavy atom. The second-order valence-electron chi connectivity index (χ2n) is 5.53. The molecule has 1 aliphatic heterocycles. The van der Waals surface area contributed by atoms with Gasteiger partial charge in [-0.2, -0.15) is 0 Å². The molecule has 4 heteroatoms. The zero-order valence-electron chi connectivity index (χ0n) is 11.9. The average Bonchev–Trinajstić information content (AvgIpc) is 3.13. The van der Waals surface area contributed by atoms with Crippen molar-refractivity contribution in [3.05, 3.63) is 36.0 Å². The molecule has 4 nitrogen and oxygen atoms in total. The normalized spacial score (nSPS) is 16.8. The van der Waals surface area contributed by atoms with Crippen molar-refractivity contribution in [2.75, 3.05) is 13.1 Å². The number of H-pyrrole nitrogens is 1. The Labute approximate surface area is 119 Å². The quantitative estimate of drug-likeness (QED) is 0.896. The summed E-state index contributed by atoms with van der Waals surface area (Å²) in [6, 6.07) is 8.29. The van der Waals surface area contributed by atoms with Crippen LogP contribution in [0.1, 0.15) is 25.3 Å². The Kier molecular flexibility index (Phi) is 3.74. The predicted octanol–water partition coefficient (Wildman–Crippen LogP) is 2.27. The molecule has 20 heavy (non-hydrogen) atoms. The van der Waals surface area contributed by atoms with Crippen molar-refractivity contribution >= 4 is 16.8 Å². The molecule has 2 N–H and O–H groups in total. The molecule has 1 unspecified atom stereocenters. The third kappa shape index (κ3) is 2.70. The van der Waals surface area contributed by atoms with Crippen molar-refractivity contribution in [3.63, 3.8) is 0 Å². The molecule has 0 bridgehead atoms. The maximum Gasteiger partial charge on any atom is 0.239 e. The van der Waals surface area contributed by atoms with Gasteiger partial charge in [0.05, 0.1) is 6.04 Å². The minimum atomic E-state index is -0.118.